The van der Waals surface area contributed by atoms with E-state index in [4.69, 9.17) is 11.6 Å². The lowest BCUT2D eigenvalue weighted by molar-refractivity contribution is -0.384. The van der Waals surface area contributed by atoms with E-state index in [1.54, 1.807) is 0 Å². The topological polar surface area (TPSA) is 110 Å². The Bertz CT molecular complexity index is 691. The van der Waals surface area contributed by atoms with Crippen molar-refractivity contribution >= 4 is 33.2 Å². The first-order valence-corrected chi connectivity index (χ1v) is 7.85. The fourth-order valence-corrected chi connectivity index (χ4v) is 3.57. The molecule has 21 heavy (non-hydrogen) atoms. The van der Waals surface area contributed by atoms with Gasteiger partial charge >= 0.3 is 0 Å². The van der Waals surface area contributed by atoms with Crippen LogP contribution in [0.15, 0.2) is 23.1 Å². The maximum absolute atomic E-state index is 12.5. The molecule has 1 aliphatic rings. The standard InChI is InChI=1S/C11H12ClN3O5S/c12-9-3-2-8(6-10(9)15(17)18)21(19,20)14-5-1-4-13-11(16)7-14/h2-3,6H,1,4-5,7H2,(H,13,16). The Morgan fingerprint density at radius 3 is 2.76 bits per heavy atom. The number of carbonyl (C=O) groups excluding carboxylic acids is 1. The van der Waals surface area contributed by atoms with Gasteiger partial charge in [0.05, 0.1) is 16.4 Å². The minimum Gasteiger partial charge on any atom is -0.355 e. The van der Waals surface area contributed by atoms with Crippen molar-refractivity contribution in [2.24, 2.45) is 0 Å². The number of nitrogens with zero attached hydrogens (tertiary/aromatic N) is 2. The summed E-state index contributed by atoms with van der Waals surface area (Å²) in [7, 11) is -3.98. The number of nitrogens with one attached hydrogen (secondary N) is 1. The van der Waals surface area contributed by atoms with Crippen LogP contribution < -0.4 is 5.32 Å². The second kappa shape index (κ2) is 5.96. The van der Waals surface area contributed by atoms with E-state index in [1.165, 1.54) is 6.07 Å². The fourth-order valence-electron chi connectivity index (χ4n) is 1.93. The van der Waals surface area contributed by atoms with Crippen LogP contribution in [0.5, 0.6) is 0 Å². The van der Waals surface area contributed by atoms with Crippen LogP contribution in [0.25, 0.3) is 0 Å². The third kappa shape index (κ3) is 3.31. The van der Waals surface area contributed by atoms with Crippen molar-refractivity contribution in [2.45, 2.75) is 11.3 Å². The van der Waals surface area contributed by atoms with Crippen molar-refractivity contribution in [2.75, 3.05) is 19.6 Å². The summed E-state index contributed by atoms with van der Waals surface area (Å²) in [5.41, 5.74) is -0.489. The number of sulfonamides is 1. The minimum atomic E-state index is -3.98. The maximum Gasteiger partial charge on any atom is 0.289 e. The zero-order valence-corrected chi connectivity index (χ0v) is 12.4. The predicted octanol–water partition coefficient (Wildman–Crippen LogP) is 0.759. The lowest BCUT2D eigenvalue weighted by Crippen LogP contribution is -2.37. The Hall–Kier alpha value is -1.71. The minimum absolute atomic E-state index is 0.146. The van der Waals surface area contributed by atoms with Crippen LogP contribution in [-0.2, 0) is 14.8 Å². The molecule has 0 bridgehead atoms. The van der Waals surface area contributed by atoms with Gasteiger partial charge in [0.15, 0.2) is 0 Å². The zero-order valence-electron chi connectivity index (χ0n) is 10.8. The molecule has 1 fully saturated rings. The Morgan fingerprint density at radius 1 is 1.38 bits per heavy atom. The molecule has 1 amide bonds. The van der Waals surface area contributed by atoms with E-state index < -0.39 is 26.5 Å². The van der Waals surface area contributed by atoms with Crippen molar-refractivity contribution in [3.63, 3.8) is 0 Å². The summed E-state index contributed by atoms with van der Waals surface area (Å²) < 4.78 is 25.9. The summed E-state index contributed by atoms with van der Waals surface area (Å²) in [5.74, 6) is -0.403. The van der Waals surface area contributed by atoms with E-state index in [9.17, 15) is 23.3 Å². The molecule has 1 aliphatic heterocycles. The zero-order chi connectivity index (χ0) is 15.6. The van der Waals surface area contributed by atoms with Crippen LogP contribution in [0.1, 0.15) is 6.42 Å². The van der Waals surface area contributed by atoms with Gasteiger partial charge in [0.2, 0.25) is 15.9 Å². The number of amides is 1. The van der Waals surface area contributed by atoms with Gasteiger partial charge in [0, 0.05) is 19.2 Å². The Morgan fingerprint density at radius 2 is 2.10 bits per heavy atom. The number of hydrogen-bond acceptors (Lipinski definition) is 5. The number of halogens is 1. The van der Waals surface area contributed by atoms with Crippen LogP contribution >= 0.6 is 11.6 Å². The van der Waals surface area contributed by atoms with Gasteiger partial charge in [0.25, 0.3) is 5.69 Å². The second-order valence-corrected chi connectivity index (χ2v) is 6.76. The Kier molecular flexibility index (Phi) is 4.45. The molecular weight excluding hydrogens is 322 g/mol. The van der Waals surface area contributed by atoms with Crippen molar-refractivity contribution in [1.82, 2.24) is 9.62 Å². The van der Waals surface area contributed by atoms with Gasteiger partial charge in [-0.1, -0.05) is 11.6 Å². The molecule has 0 spiro atoms. The second-order valence-electron chi connectivity index (χ2n) is 4.41. The first kappa shape index (κ1) is 15.7. The van der Waals surface area contributed by atoms with E-state index in [-0.39, 0.29) is 23.0 Å². The predicted molar refractivity (Wildman–Crippen MR) is 74.5 cm³/mol. The molecule has 1 N–H and O–H groups in total. The first-order valence-electron chi connectivity index (χ1n) is 6.03. The highest BCUT2D eigenvalue weighted by atomic mass is 35.5. The lowest BCUT2D eigenvalue weighted by Gasteiger charge is -2.18. The molecule has 0 atom stereocenters. The summed E-state index contributed by atoms with van der Waals surface area (Å²) in [6.45, 7) is 0.252. The highest BCUT2D eigenvalue weighted by Crippen LogP contribution is 2.28. The summed E-state index contributed by atoms with van der Waals surface area (Å²) in [6, 6.07) is 3.25. The van der Waals surface area contributed by atoms with E-state index in [0.717, 1.165) is 16.4 Å². The third-order valence-electron chi connectivity index (χ3n) is 2.98. The van der Waals surface area contributed by atoms with Gasteiger partial charge < -0.3 is 5.32 Å². The number of hydrogen-bond donors (Lipinski definition) is 1. The van der Waals surface area contributed by atoms with Crippen LogP contribution in [0, 0.1) is 10.1 Å². The van der Waals surface area contributed by atoms with Crippen molar-refractivity contribution in [3.05, 3.63) is 33.3 Å². The smallest absolute Gasteiger partial charge is 0.289 e. The van der Waals surface area contributed by atoms with Gasteiger partial charge in [-0.2, -0.15) is 4.31 Å². The van der Waals surface area contributed by atoms with Crippen molar-refractivity contribution in [3.8, 4) is 0 Å². The Balaban J connectivity index is 2.41. The normalized spacial score (nSPS) is 17.1. The van der Waals surface area contributed by atoms with Gasteiger partial charge in [-0.3, -0.25) is 14.9 Å². The molecule has 0 unspecified atom stereocenters. The van der Waals surface area contributed by atoms with E-state index >= 15 is 0 Å². The number of carbonyl (C=O) groups is 1. The largest absolute Gasteiger partial charge is 0.355 e. The fraction of sp³-hybridized carbons (Fsp3) is 0.364. The average molecular weight is 334 g/mol. The van der Waals surface area contributed by atoms with Crippen LogP contribution in [0.4, 0.5) is 5.69 Å². The van der Waals surface area contributed by atoms with Crippen molar-refractivity contribution in [1.29, 1.82) is 0 Å². The van der Waals surface area contributed by atoms with E-state index in [0.29, 0.717) is 13.0 Å². The number of rotatable bonds is 3. The molecule has 0 radical (unpaired) electrons. The maximum atomic E-state index is 12.5. The SMILES string of the molecule is O=C1CN(S(=O)(=O)c2ccc(Cl)c([N+](=O)[O-])c2)CCCN1. The van der Waals surface area contributed by atoms with Gasteiger partial charge in [-0.25, -0.2) is 8.42 Å². The molecule has 1 aromatic rings. The van der Waals surface area contributed by atoms with E-state index in [1.807, 2.05) is 0 Å². The molecular formula is C11H12ClN3O5S. The number of nitro groups is 1. The molecule has 1 saturated heterocycles. The highest BCUT2D eigenvalue weighted by Gasteiger charge is 2.29. The molecule has 8 nitrogen and oxygen atoms in total. The average Bonchev–Trinajstić information content (AvgIpc) is 2.63. The molecule has 1 aromatic carbocycles. The van der Waals surface area contributed by atoms with Crippen LogP contribution in [0.3, 0.4) is 0 Å². The molecule has 0 aliphatic carbocycles. The molecule has 0 aromatic heterocycles. The first-order chi connectivity index (χ1) is 9.82. The summed E-state index contributed by atoms with van der Waals surface area (Å²) in [4.78, 5) is 21.3. The molecule has 114 valence electrons. The summed E-state index contributed by atoms with van der Waals surface area (Å²) >= 11 is 5.66. The summed E-state index contributed by atoms with van der Waals surface area (Å²) in [6.07, 6.45) is 0.473. The van der Waals surface area contributed by atoms with Crippen molar-refractivity contribution < 1.29 is 18.1 Å². The van der Waals surface area contributed by atoms with Gasteiger partial charge in [-0.15, -0.1) is 0 Å². The molecule has 1 heterocycles. The van der Waals surface area contributed by atoms with Crippen LogP contribution in [-0.4, -0.2) is 43.2 Å². The van der Waals surface area contributed by atoms with Gasteiger partial charge in [-0.05, 0) is 18.6 Å². The quantitative estimate of drug-likeness (QED) is 0.648. The lowest BCUT2D eigenvalue weighted by atomic mass is 10.3. The highest BCUT2D eigenvalue weighted by molar-refractivity contribution is 7.89. The number of nitro benzene ring substituents is 1. The van der Waals surface area contributed by atoms with E-state index in [2.05, 4.69) is 5.32 Å². The molecule has 0 saturated carbocycles. The summed E-state index contributed by atoms with van der Waals surface area (Å²) in [5, 5.41) is 13.2. The third-order valence-corrected chi connectivity index (χ3v) is 5.14. The Labute approximate surface area is 125 Å². The monoisotopic (exact) mass is 333 g/mol. The van der Waals surface area contributed by atoms with Gasteiger partial charge in [0.1, 0.15) is 5.02 Å². The number of benzene rings is 1. The van der Waals surface area contributed by atoms with Crippen LogP contribution in [0.2, 0.25) is 5.02 Å². The molecule has 2 rings (SSSR count). The molecule has 10 heteroatoms.